The van der Waals surface area contributed by atoms with E-state index in [2.05, 4.69) is 14.8 Å². The van der Waals surface area contributed by atoms with E-state index in [0.29, 0.717) is 16.8 Å². The Hall–Kier alpha value is -4.51. The molecule has 0 aliphatic heterocycles. The largest absolute Gasteiger partial charge is 0.384 e. The molecule has 3 aromatic carbocycles. The molecule has 3 rings (SSSR count). The van der Waals surface area contributed by atoms with Crippen molar-refractivity contribution in [3.63, 3.8) is 0 Å². The molecule has 0 aliphatic rings. The minimum absolute atomic E-state index is 0.107. The predicted molar refractivity (Wildman–Crippen MR) is 132 cm³/mol. The van der Waals surface area contributed by atoms with Crippen LogP contribution in [0.1, 0.15) is 33.2 Å². The number of nitrogens with one attached hydrogen (secondary N) is 3. The van der Waals surface area contributed by atoms with Crippen LogP contribution in [0, 0.1) is 5.41 Å². The molecule has 0 aromatic heterocycles. The van der Waals surface area contributed by atoms with Gasteiger partial charge in [0, 0.05) is 29.4 Å². The van der Waals surface area contributed by atoms with E-state index in [0.717, 1.165) is 6.26 Å². The third-order valence-corrected chi connectivity index (χ3v) is 5.16. The lowest BCUT2D eigenvalue weighted by Gasteiger charge is -2.15. The molecule has 0 atom stereocenters. The van der Waals surface area contributed by atoms with Crippen molar-refractivity contribution in [3.05, 3.63) is 83.4 Å². The van der Waals surface area contributed by atoms with Gasteiger partial charge in [0.05, 0.1) is 11.8 Å². The van der Waals surface area contributed by atoms with Gasteiger partial charge in [0.1, 0.15) is 5.84 Å². The molecular formula is C24H22N4O6S. The average Bonchev–Trinajstić information content (AvgIpc) is 2.78. The quantitative estimate of drug-likeness (QED) is 0.222. The molecule has 0 saturated carbocycles. The number of carbonyl (C=O) groups is 3. The van der Waals surface area contributed by atoms with Gasteiger partial charge in [0.2, 0.25) is 5.91 Å². The Bertz CT molecular complexity index is 1430. The highest BCUT2D eigenvalue weighted by molar-refractivity contribution is 7.86. The van der Waals surface area contributed by atoms with Crippen molar-refractivity contribution >= 4 is 45.1 Å². The zero-order valence-corrected chi connectivity index (χ0v) is 19.6. The van der Waals surface area contributed by atoms with Crippen molar-refractivity contribution < 1.29 is 27.0 Å². The van der Waals surface area contributed by atoms with Crippen LogP contribution in [0.3, 0.4) is 0 Å². The fourth-order valence-corrected chi connectivity index (χ4v) is 3.62. The van der Waals surface area contributed by atoms with Crippen LogP contribution >= 0.6 is 0 Å². The van der Waals surface area contributed by atoms with E-state index in [9.17, 15) is 22.8 Å². The van der Waals surface area contributed by atoms with Gasteiger partial charge in [-0.2, -0.15) is 8.42 Å². The highest BCUT2D eigenvalue weighted by Crippen LogP contribution is 2.31. The van der Waals surface area contributed by atoms with Crippen LogP contribution in [0.25, 0.3) is 11.1 Å². The Labute approximate surface area is 201 Å². The lowest BCUT2D eigenvalue weighted by Crippen LogP contribution is -2.16. The third-order valence-electron chi connectivity index (χ3n) is 4.70. The van der Waals surface area contributed by atoms with Gasteiger partial charge in [-0.3, -0.25) is 15.0 Å². The topological polar surface area (TPSA) is 169 Å². The summed E-state index contributed by atoms with van der Waals surface area (Å²) in [6.07, 6.45) is 0.737. The summed E-state index contributed by atoms with van der Waals surface area (Å²) in [6.45, 7) is 1.28. The van der Waals surface area contributed by atoms with Crippen LogP contribution < -0.4 is 16.4 Å². The van der Waals surface area contributed by atoms with Crippen molar-refractivity contribution in [1.29, 1.82) is 5.41 Å². The Morgan fingerprint density at radius 1 is 0.857 bits per heavy atom. The number of anilines is 2. The second-order valence-corrected chi connectivity index (χ2v) is 9.08. The minimum Gasteiger partial charge on any atom is -0.384 e. The first-order chi connectivity index (χ1) is 16.4. The summed E-state index contributed by atoms with van der Waals surface area (Å²) in [6, 6.07) is 17.1. The molecule has 10 nitrogen and oxygen atoms in total. The first kappa shape index (κ1) is 25.1. The van der Waals surface area contributed by atoms with Gasteiger partial charge >= 0.3 is 16.1 Å². The Balaban J connectivity index is 2.05. The smallest absolute Gasteiger partial charge is 0.354 e. The minimum atomic E-state index is -4.12. The van der Waals surface area contributed by atoms with Crippen molar-refractivity contribution in [2.45, 2.75) is 6.92 Å². The van der Waals surface area contributed by atoms with Crippen LogP contribution in [0.5, 0.6) is 0 Å². The highest BCUT2D eigenvalue weighted by atomic mass is 32.2. The molecule has 35 heavy (non-hydrogen) atoms. The van der Waals surface area contributed by atoms with E-state index in [-0.39, 0.29) is 28.2 Å². The van der Waals surface area contributed by atoms with Gasteiger partial charge < -0.3 is 20.6 Å². The van der Waals surface area contributed by atoms with Crippen LogP contribution in [0.4, 0.5) is 11.4 Å². The van der Waals surface area contributed by atoms with E-state index < -0.39 is 27.9 Å². The number of rotatable bonds is 7. The van der Waals surface area contributed by atoms with Crippen LogP contribution in [0.15, 0.2) is 66.7 Å². The summed E-state index contributed by atoms with van der Waals surface area (Å²) in [7, 11) is -4.12. The molecule has 0 radical (unpaired) electrons. The van der Waals surface area contributed by atoms with Crippen LogP contribution in [-0.4, -0.2) is 38.3 Å². The predicted octanol–water partition coefficient (Wildman–Crippen LogP) is 2.96. The first-order valence-corrected chi connectivity index (χ1v) is 12.0. The second-order valence-electron chi connectivity index (χ2n) is 7.51. The van der Waals surface area contributed by atoms with E-state index in [1.807, 2.05) is 0 Å². The van der Waals surface area contributed by atoms with Crippen molar-refractivity contribution in [1.82, 2.24) is 0 Å². The van der Waals surface area contributed by atoms with Crippen LogP contribution in [-0.2, 0) is 19.1 Å². The SMILES string of the molecule is CC(=O)Nc1ccc(-c2ccccc2C(=O)Nc2ccc(C(=N)N)cc2)c(C(=O)OS(C)(=O)=O)c1. The molecular weight excluding hydrogens is 472 g/mol. The van der Waals surface area contributed by atoms with Gasteiger partial charge in [-0.25, -0.2) is 4.79 Å². The maximum Gasteiger partial charge on any atom is 0.354 e. The molecule has 0 saturated heterocycles. The van der Waals surface area contributed by atoms with E-state index in [1.165, 1.54) is 25.1 Å². The Kier molecular flexibility index (Phi) is 7.31. The van der Waals surface area contributed by atoms with E-state index in [4.69, 9.17) is 11.1 Å². The molecule has 0 fully saturated rings. The lowest BCUT2D eigenvalue weighted by molar-refractivity contribution is -0.114. The van der Waals surface area contributed by atoms with Crippen molar-refractivity contribution in [2.75, 3.05) is 16.9 Å². The van der Waals surface area contributed by atoms with Gasteiger partial charge in [-0.05, 0) is 53.6 Å². The van der Waals surface area contributed by atoms with E-state index in [1.54, 1.807) is 48.5 Å². The van der Waals surface area contributed by atoms with E-state index >= 15 is 0 Å². The molecule has 180 valence electrons. The lowest BCUT2D eigenvalue weighted by atomic mass is 9.94. The monoisotopic (exact) mass is 494 g/mol. The standard InChI is InChI=1S/C24H22N4O6S/c1-14(29)27-17-11-12-19(21(13-17)24(31)34-35(2,32)33)18-5-3-4-6-20(18)23(30)28-16-9-7-15(8-10-16)22(25)26/h3-13H,1-2H3,(H3,25,26)(H,27,29)(H,28,30). The number of nitrogens with two attached hydrogens (primary N) is 1. The number of amidine groups is 1. The Morgan fingerprint density at radius 2 is 1.46 bits per heavy atom. The number of nitrogen functional groups attached to an aromatic ring is 1. The highest BCUT2D eigenvalue weighted by Gasteiger charge is 2.22. The molecule has 0 aliphatic carbocycles. The molecule has 0 heterocycles. The number of amides is 2. The molecule has 3 aromatic rings. The number of hydrogen-bond donors (Lipinski definition) is 4. The number of carbonyl (C=O) groups excluding carboxylic acids is 3. The third kappa shape index (κ3) is 6.51. The summed E-state index contributed by atoms with van der Waals surface area (Å²) in [4.78, 5) is 37.3. The Morgan fingerprint density at radius 3 is 2.06 bits per heavy atom. The zero-order valence-electron chi connectivity index (χ0n) is 18.8. The normalized spacial score (nSPS) is 10.8. The second kappa shape index (κ2) is 10.2. The summed E-state index contributed by atoms with van der Waals surface area (Å²) >= 11 is 0. The molecule has 0 spiro atoms. The number of hydrogen-bond acceptors (Lipinski definition) is 7. The molecule has 2 amide bonds. The van der Waals surface area contributed by atoms with Gasteiger partial charge in [-0.15, -0.1) is 0 Å². The fourth-order valence-electron chi connectivity index (χ4n) is 3.26. The molecule has 11 heteroatoms. The average molecular weight is 495 g/mol. The number of benzene rings is 3. The summed E-state index contributed by atoms with van der Waals surface area (Å²) in [5.74, 6) is -2.16. The van der Waals surface area contributed by atoms with Crippen molar-refractivity contribution in [3.8, 4) is 11.1 Å². The maximum atomic E-state index is 13.1. The van der Waals surface area contributed by atoms with Crippen molar-refractivity contribution in [2.24, 2.45) is 5.73 Å². The summed E-state index contributed by atoms with van der Waals surface area (Å²) in [5, 5.41) is 12.7. The fraction of sp³-hybridized carbons (Fsp3) is 0.0833. The molecule has 5 N–H and O–H groups in total. The van der Waals surface area contributed by atoms with Gasteiger partial charge in [0.25, 0.3) is 5.91 Å². The summed E-state index contributed by atoms with van der Waals surface area (Å²) < 4.78 is 27.7. The molecule has 0 bridgehead atoms. The van der Waals surface area contributed by atoms with Gasteiger partial charge in [-0.1, -0.05) is 24.3 Å². The van der Waals surface area contributed by atoms with Gasteiger partial charge in [0.15, 0.2) is 0 Å². The maximum absolute atomic E-state index is 13.1. The first-order valence-electron chi connectivity index (χ1n) is 10.2. The summed E-state index contributed by atoms with van der Waals surface area (Å²) in [5.41, 5.74) is 7.24. The van der Waals surface area contributed by atoms with Crippen LogP contribution in [0.2, 0.25) is 0 Å². The zero-order chi connectivity index (χ0) is 25.8. The molecule has 0 unspecified atom stereocenters.